The maximum atomic E-state index is 12.3. The number of carbonyl (C=O) groups excluding carboxylic acids is 2. The largest absolute Gasteiger partial charge is 0.469 e. The van der Waals surface area contributed by atoms with E-state index in [4.69, 9.17) is 11.6 Å². The maximum Gasteiger partial charge on any atom is 0.307 e. The van der Waals surface area contributed by atoms with Crippen LogP contribution in [0.4, 0.5) is 0 Å². The molecular weight excluding hydrogens is 266 g/mol. The summed E-state index contributed by atoms with van der Waals surface area (Å²) in [5.41, 5.74) is 0.495. The van der Waals surface area contributed by atoms with Crippen molar-refractivity contribution in [3.8, 4) is 0 Å². The molecule has 0 aliphatic carbocycles. The lowest BCUT2D eigenvalue weighted by atomic mass is 10.0. The van der Waals surface area contributed by atoms with Crippen LogP contribution in [0, 0.1) is 0 Å². The molecule has 0 aromatic heterocycles. The highest BCUT2D eigenvalue weighted by Crippen LogP contribution is 2.12. The number of ketones is 1. The highest BCUT2D eigenvalue weighted by atomic mass is 35.5. The number of Topliss-reactive ketones (excluding diaryl/α,β-unsaturated/α-hetero) is 1. The topological polar surface area (TPSA) is 55.4 Å². The number of hydrogen-bond donors (Lipinski definition) is 1. The molecule has 0 heterocycles. The van der Waals surface area contributed by atoms with Crippen LogP contribution < -0.4 is 5.32 Å². The highest BCUT2D eigenvalue weighted by molar-refractivity contribution is 6.30. The van der Waals surface area contributed by atoms with Gasteiger partial charge in [-0.05, 0) is 24.3 Å². The average molecular weight is 282 g/mol. The Balaban J connectivity index is 2.83. The normalized spacial score (nSPS) is 11.7. The number of methoxy groups -OCH3 is 1. The molecule has 0 aliphatic rings. The number of nitrogens with one attached hydrogen (secondary N) is 1. The molecule has 1 aromatic carbocycles. The average Bonchev–Trinajstić information content (AvgIpc) is 2.43. The standard InChI is InChI=1S/C14H16ClNO3/c1-3-8-16-12(9-13(17)19-2)14(18)10-4-6-11(15)7-5-10/h3-7,12,16H,1,8-9H2,2H3. The molecular formula is C14H16ClNO3. The summed E-state index contributed by atoms with van der Waals surface area (Å²) in [6.45, 7) is 4.00. The molecule has 5 heteroatoms. The van der Waals surface area contributed by atoms with Crippen molar-refractivity contribution in [2.24, 2.45) is 0 Å². The van der Waals surface area contributed by atoms with Gasteiger partial charge in [0.15, 0.2) is 5.78 Å². The summed E-state index contributed by atoms with van der Waals surface area (Å²) < 4.78 is 4.59. The molecule has 0 radical (unpaired) electrons. The molecule has 0 spiro atoms. The number of carbonyl (C=O) groups is 2. The lowest BCUT2D eigenvalue weighted by Crippen LogP contribution is -2.39. The fourth-order valence-electron chi connectivity index (χ4n) is 1.55. The van der Waals surface area contributed by atoms with Gasteiger partial charge < -0.3 is 10.1 Å². The van der Waals surface area contributed by atoms with E-state index in [1.54, 1.807) is 30.3 Å². The van der Waals surface area contributed by atoms with E-state index in [1.165, 1.54) is 7.11 Å². The van der Waals surface area contributed by atoms with Crippen LogP contribution in [-0.4, -0.2) is 31.4 Å². The van der Waals surface area contributed by atoms with E-state index >= 15 is 0 Å². The van der Waals surface area contributed by atoms with Crippen molar-refractivity contribution in [2.45, 2.75) is 12.5 Å². The van der Waals surface area contributed by atoms with Gasteiger partial charge in [0.05, 0.1) is 19.6 Å². The molecule has 1 rings (SSSR count). The van der Waals surface area contributed by atoms with Gasteiger partial charge in [0.2, 0.25) is 0 Å². The van der Waals surface area contributed by atoms with Crippen LogP contribution >= 0.6 is 11.6 Å². The molecule has 102 valence electrons. The number of halogens is 1. The van der Waals surface area contributed by atoms with E-state index in [9.17, 15) is 9.59 Å². The van der Waals surface area contributed by atoms with Gasteiger partial charge in [0.1, 0.15) is 0 Å². The third-order valence-corrected chi connectivity index (χ3v) is 2.80. The van der Waals surface area contributed by atoms with Crippen molar-refractivity contribution in [2.75, 3.05) is 13.7 Å². The zero-order valence-electron chi connectivity index (χ0n) is 10.7. The Morgan fingerprint density at radius 2 is 2.05 bits per heavy atom. The van der Waals surface area contributed by atoms with E-state index in [0.29, 0.717) is 17.1 Å². The third kappa shape index (κ3) is 4.85. The first-order valence-corrected chi connectivity index (χ1v) is 6.17. The molecule has 0 saturated heterocycles. The summed E-state index contributed by atoms with van der Waals surface area (Å²) in [5, 5.41) is 3.50. The monoisotopic (exact) mass is 281 g/mol. The predicted octanol–water partition coefficient (Wildman–Crippen LogP) is 2.23. The first-order valence-electron chi connectivity index (χ1n) is 5.79. The van der Waals surface area contributed by atoms with Crippen LogP contribution in [0.3, 0.4) is 0 Å². The number of hydrogen-bond acceptors (Lipinski definition) is 4. The van der Waals surface area contributed by atoms with Crippen molar-refractivity contribution in [1.82, 2.24) is 5.32 Å². The summed E-state index contributed by atoms with van der Waals surface area (Å²) in [6.07, 6.45) is 1.60. The Labute approximate surface area is 117 Å². The molecule has 1 unspecified atom stereocenters. The Bertz CT molecular complexity index is 456. The van der Waals surface area contributed by atoms with Gasteiger partial charge >= 0.3 is 5.97 Å². The minimum Gasteiger partial charge on any atom is -0.469 e. The zero-order chi connectivity index (χ0) is 14.3. The quantitative estimate of drug-likeness (QED) is 0.473. The van der Waals surface area contributed by atoms with Crippen LogP contribution in [0.15, 0.2) is 36.9 Å². The minimum absolute atomic E-state index is 0.0220. The molecule has 0 aliphatic heterocycles. The second-order valence-corrected chi connectivity index (χ2v) is 4.34. The Morgan fingerprint density at radius 1 is 1.42 bits per heavy atom. The van der Waals surface area contributed by atoms with E-state index < -0.39 is 12.0 Å². The molecule has 0 amide bonds. The van der Waals surface area contributed by atoms with Gasteiger partial charge in [-0.15, -0.1) is 6.58 Å². The second-order valence-electron chi connectivity index (χ2n) is 3.90. The van der Waals surface area contributed by atoms with Crippen LogP contribution in [0.5, 0.6) is 0 Å². The van der Waals surface area contributed by atoms with Crippen molar-refractivity contribution in [3.63, 3.8) is 0 Å². The Hall–Kier alpha value is -1.65. The van der Waals surface area contributed by atoms with E-state index in [-0.39, 0.29) is 12.2 Å². The SMILES string of the molecule is C=CCNC(CC(=O)OC)C(=O)c1ccc(Cl)cc1. The third-order valence-electron chi connectivity index (χ3n) is 2.55. The second kappa shape index (κ2) is 7.71. The molecule has 0 fully saturated rings. The fourth-order valence-corrected chi connectivity index (χ4v) is 1.67. The number of benzene rings is 1. The van der Waals surface area contributed by atoms with Gasteiger partial charge in [0.25, 0.3) is 0 Å². The smallest absolute Gasteiger partial charge is 0.307 e. The van der Waals surface area contributed by atoms with Crippen molar-refractivity contribution in [3.05, 3.63) is 47.5 Å². The summed E-state index contributed by atoms with van der Waals surface area (Å²) in [5.74, 6) is -0.618. The Morgan fingerprint density at radius 3 is 2.58 bits per heavy atom. The van der Waals surface area contributed by atoms with Gasteiger partial charge in [-0.1, -0.05) is 17.7 Å². The zero-order valence-corrected chi connectivity index (χ0v) is 11.4. The van der Waals surface area contributed by atoms with Crippen LogP contribution in [0.2, 0.25) is 5.02 Å². The van der Waals surface area contributed by atoms with Crippen LogP contribution in [-0.2, 0) is 9.53 Å². The van der Waals surface area contributed by atoms with E-state index in [0.717, 1.165) is 0 Å². The summed E-state index contributed by atoms with van der Waals surface area (Å²) >= 11 is 5.77. The number of rotatable bonds is 7. The molecule has 1 aromatic rings. The first-order chi connectivity index (χ1) is 9.08. The fraction of sp³-hybridized carbons (Fsp3) is 0.286. The molecule has 0 saturated carbocycles. The van der Waals surface area contributed by atoms with Gasteiger partial charge in [0, 0.05) is 17.1 Å². The summed E-state index contributed by atoms with van der Waals surface area (Å²) in [6, 6.07) is 5.90. The summed E-state index contributed by atoms with van der Waals surface area (Å²) in [7, 11) is 1.29. The van der Waals surface area contributed by atoms with Crippen molar-refractivity contribution >= 4 is 23.4 Å². The highest BCUT2D eigenvalue weighted by Gasteiger charge is 2.22. The summed E-state index contributed by atoms with van der Waals surface area (Å²) in [4.78, 5) is 23.6. The molecule has 19 heavy (non-hydrogen) atoms. The molecule has 4 nitrogen and oxygen atoms in total. The van der Waals surface area contributed by atoms with E-state index in [2.05, 4.69) is 16.6 Å². The van der Waals surface area contributed by atoms with Gasteiger partial charge in [-0.2, -0.15) is 0 Å². The van der Waals surface area contributed by atoms with Crippen molar-refractivity contribution in [1.29, 1.82) is 0 Å². The number of ether oxygens (including phenoxy) is 1. The van der Waals surface area contributed by atoms with Gasteiger partial charge in [-0.25, -0.2) is 0 Å². The Kier molecular flexibility index (Phi) is 6.25. The van der Waals surface area contributed by atoms with Crippen molar-refractivity contribution < 1.29 is 14.3 Å². The predicted molar refractivity (Wildman–Crippen MR) is 74.4 cm³/mol. The van der Waals surface area contributed by atoms with E-state index in [1.807, 2.05) is 0 Å². The molecule has 0 bridgehead atoms. The minimum atomic E-state index is -0.633. The lowest BCUT2D eigenvalue weighted by molar-refractivity contribution is -0.140. The number of esters is 1. The molecule has 1 atom stereocenters. The van der Waals surface area contributed by atoms with Gasteiger partial charge in [-0.3, -0.25) is 9.59 Å². The maximum absolute atomic E-state index is 12.3. The van der Waals surface area contributed by atoms with Crippen LogP contribution in [0.1, 0.15) is 16.8 Å². The molecule has 1 N–H and O–H groups in total. The lowest BCUT2D eigenvalue weighted by Gasteiger charge is -2.15. The van der Waals surface area contributed by atoms with Crippen LogP contribution in [0.25, 0.3) is 0 Å². The first kappa shape index (κ1) is 15.4.